The number of nitrogens with one attached hydrogen (secondary N) is 2. The molecule has 2 aromatic carbocycles. The van der Waals surface area contributed by atoms with E-state index in [1.54, 1.807) is 12.1 Å². The summed E-state index contributed by atoms with van der Waals surface area (Å²) >= 11 is 6.51. The van der Waals surface area contributed by atoms with Gasteiger partial charge in [-0.1, -0.05) is 35.9 Å². The van der Waals surface area contributed by atoms with Crippen molar-refractivity contribution in [3.8, 4) is 6.07 Å². The van der Waals surface area contributed by atoms with Crippen LogP contribution >= 0.6 is 11.6 Å². The first-order chi connectivity index (χ1) is 19.9. The van der Waals surface area contributed by atoms with Crippen LogP contribution in [0.1, 0.15) is 36.9 Å². The highest BCUT2D eigenvalue weighted by Crippen LogP contribution is 2.40. The van der Waals surface area contributed by atoms with Crippen LogP contribution < -0.4 is 20.4 Å². The van der Waals surface area contributed by atoms with Crippen molar-refractivity contribution in [3.63, 3.8) is 0 Å². The van der Waals surface area contributed by atoms with Gasteiger partial charge in [-0.15, -0.1) is 0 Å². The topological polar surface area (TPSA) is 118 Å². The second kappa shape index (κ2) is 11.0. The Balaban J connectivity index is 1.65. The molecule has 2 fully saturated rings. The van der Waals surface area contributed by atoms with Crippen LogP contribution in [0.2, 0.25) is 5.02 Å². The number of rotatable bonds is 7. The van der Waals surface area contributed by atoms with Crippen molar-refractivity contribution in [2.45, 2.75) is 43.3 Å². The minimum Gasteiger partial charge on any atom is -0.351 e. The molecule has 1 saturated heterocycles. The van der Waals surface area contributed by atoms with Gasteiger partial charge in [0.15, 0.2) is 0 Å². The molecule has 2 aliphatic rings. The molecule has 1 aromatic heterocycles. The lowest BCUT2D eigenvalue weighted by atomic mass is 9.87. The zero-order valence-electron chi connectivity index (χ0n) is 22.2. The molecule has 0 radical (unpaired) electrons. The van der Waals surface area contributed by atoms with Gasteiger partial charge in [-0.25, -0.2) is 22.9 Å². The van der Waals surface area contributed by atoms with Gasteiger partial charge >= 0.3 is 6.03 Å². The Bertz CT molecular complexity index is 1610. The maximum atomic E-state index is 14.7. The van der Waals surface area contributed by atoms with Gasteiger partial charge in [0, 0.05) is 41.4 Å². The minimum atomic E-state index is -2.93. The van der Waals surface area contributed by atoms with E-state index in [4.69, 9.17) is 11.6 Å². The molecular formula is C29H24ClF3N6O3. The number of nitriles is 1. The summed E-state index contributed by atoms with van der Waals surface area (Å²) in [5.74, 6) is -5.29. The summed E-state index contributed by atoms with van der Waals surface area (Å²) in [4.78, 5) is 47.9. The summed E-state index contributed by atoms with van der Waals surface area (Å²) in [5, 5.41) is 14.7. The van der Waals surface area contributed by atoms with Gasteiger partial charge in [0.2, 0.25) is 5.91 Å². The number of alkyl halides is 2. The molecule has 4 amide bonds. The first-order valence-electron chi connectivity index (χ1n) is 12.9. The monoisotopic (exact) mass is 596 g/mol. The molecule has 2 atom stereocenters. The number of pyridine rings is 1. The number of halogens is 4. The number of benzene rings is 2. The third-order valence-corrected chi connectivity index (χ3v) is 7.64. The molecule has 3 aromatic rings. The van der Waals surface area contributed by atoms with Crippen LogP contribution in [-0.2, 0) is 9.59 Å². The highest BCUT2D eigenvalue weighted by Gasteiger charge is 2.54. The summed E-state index contributed by atoms with van der Waals surface area (Å²) in [6.07, 6.45) is 0.155. The zero-order valence-corrected chi connectivity index (χ0v) is 22.9. The molecule has 2 heterocycles. The maximum Gasteiger partial charge on any atom is 0.324 e. The molecule has 1 saturated carbocycles. The third-order valence-electron chi connectivity index (χ3n) is 7.29. The lowest BCUT2D eigenvalue weighted by Crippen LogP contribution is -2.61. The zero-order chi connectivity index (χ0) is 30.2. The van der Waals surface area contributed by atoms with Crippen LogP contribution in [0.5, 0.6) is 0 Å². The second-order valence-corrected chi connectivity index (χ2v) is 10.7. The summed E-state index contributed by atoms with van der Waals surface area (Å²) in [6.45, 7) is 1.20. The van der Waals surface area contributed by atoms with E-state index in [9.17, 15) is 32.8 Å². The molecule has 9 nitrogen and oxygen atoms in total. The molecule has 1 aliphatic carbocycles. The predicted molar refractivity (Wildman–Crippen MR) is 147 cm³/mol. The van der Waals surface area contributed by atoms with E-state index >= 15 is 0 Å². The van der Waals surface area contributed by atoms with E-state index in [0.29, 0.717) is 0 Å². The number of carbonyl (C=O) groups is 3. The Hall–Kier alpha value is -4.63. The Morgan fingerprint density at radius 2 is 1.93 bits per heavy atom. The number of amides is 4. The number of hydrogen-bond donors (Lipinski definition) is 2. The summed E-state index contributed by atoms with van der Waals surface area (Å²) in [5.41, 5.74) is -1.45. The average molecular weight is 597 g/mol. The fourth-order valence-electron chi connectivity index (χ4n) is 5.18. The van der Waals surface area contributed by atoms with Crippen molar-refractivity contribution in [1.29, 1.82) is 5.26 Å². The Labute approximate surface area is 243 Å². The molecule has 42 heavy (non-hydrogen) atoms. The minimum absolute atomic E-state index is 0.00506. The third kappa shape index (κ3) is 5.35. The Morgan fingerprint density at radius 3 is 2.60 bits per heavy atom. The molecule has 216 valence electrons. The van der Waals surface area contributed by atoms with Crippen molar-refractivity contribution in [2.75, 3.05) is 16.3 Å². The molecule has 1 aliphatic heterocycles. The van der Waals surface area contributed by atoms with E-state index in [1.807, 2.05) is 6.07 Å². The van der Waals surface area contributed by atoms with E-state index < -0.39 is 60.0 Å². The van der Waals surface area contributed by atoms with E-state index in [1.165, 1.54) is 49.5 Å². The number of urea groups is 1. The van der Waals surface area contributed by atoms with Crippen LogP contribution in [-0.4, -0.2) is 46.9 Å². The number of nitrogens with zero attached hydrogens (tertiary/aromatic N) is 4. The predicted octanol–water partition coefficient (Wildman–Crippen LogP) is 4.72. The molecule has 5 rings (SSSR count). The Kier molecular flexibility index (Phi) is 7.55. The first kappa shape index (κ1) is 28.9. The van der Waals surface area contributed by atoms with Crippen LogP contribution in [0.25, 0.3) is 0 Å². The SMILES string of the molecule is C[C@@]1(C(=O)N(c2cccc(F)c2)C(C(=O)NC2CC(F)(F)C2)c2ccccc2Cl)CNC(=O)N1c1cc(C#N)ccn1. The van der Waals surface area contributed by atoms with Gasteiger partial charge in [-0.2, -0.15) is 5.26 Å². The van der Waals surface area contributed by atoms with E-state index in [0.717, 1.165) is 21.9 Å². The van der Waals surface area contributed by atoms with Crippen molar-refractivity contribution < 1.29 is 27.6 Å². The lowest BCUT2D eigenvalue weighted by Gasteiger charge is -2.41. The van der Waals surface area contributed by atoms with Crippen LogP contribution in [0.4, 0.5) is 29.5 Å². The van der Waals surface area contributed by atoms with Gasteiger partial charge in [0.1, 0.15) is 23.2 Å². The van der Waals surface area contributed by atoms with Gasteiger partial charge < -0.3 is 10.6 Å². The molecule has 2 N–H and O–H groups in total. The molecule has 1 unspecified atom stereocenters. The van der Waals surface area contributed by atoms with Crippen LogP contribution in [0, 0.1) is 17.1 Å². The number of aromatic nitrogens is 1. The Morgan fingerprint density at radius 1 is 1.19 bits per heavy atom. The van der Waals surface area contributed by atoms with Crippen molar-refractivity contribution in [1.82, 2.24) is 15.6 Å². The maximum absolute atomic E-state index is 14.7. The number of carbonyl (C=O) groups excluding carboxylic acids is 3. The molecule has 0 spiro atoms. The van der Waals surface area contributed by atoms with Gasteiger partial charge in [-0.3, -0.25) is 19.4 Å². The highest BCUT2D eigenvalue weighted by atomic mass is 35.5. The van der Waals surface area contributed by atoms with Crippen molar-refractivity contribution in [3.05, 3.63) is 88.8 Å². The largest absolute Gasteiger partial charge is 0.351 e. The first-order valence-corrected chi connectivity index (χ1v) is 13.3. The van der Waals surface area contributed by atoms with E-state index in [2.05, 4.69) is 15.6 Å². The lowest BCUT2D eigenvalue weighted by molar-refractivity contribution is -0.133. The smallest absolute Gasteiger partial charge is 0.324 e. The van der Waals surface area contributed by atoms with E-state index in [-0.39, 0.29) is 34.2 Å². The molecular weight excluding hydrogens is 573 g/mol. The molecule has 13 heteroatoms. The van der Waals surface area contributed by atoms with Crippen molar-refractivity contribution in [2.24, 2.45) is 0 Å². The van der Waals surface area contributed by atoms with Gasteiger partial charge in [-0.05, 0) is 43.3 Å². The summed E-state index contributed by atoms with van der Waals surface area (Å²) < 4.78 is 41.8. The van der Waals surface area contributed by atoms with Crippen LogP contribution in [0.15, 0.2) is 66.9 Å². The summed E-state index contributed by atoms with van der Waals surface area (Å²) in [7, 11) is 0. The summed E-state index contributed by atoms with van der Waals surface area (Å²) in [6, 6.07) is 12.7. The normalized spacial score (nSPS) is 20.2. The number of anilines is 2. The van der Waals surface area contributed by atoms with Gasteiger partial charge in [0.05, 0.1) is 18.2 Å². The molecule has 0 bridgehead atoms. The average Bonchev–Trinajstić information content (AvgIpc) is 3.25. The fourth-order valence-corrected chi connectivity index (χ4v) is 5.41. The highest BCUT2D eigenvalue weighted by molar-refractivity contribution is 6.32. The number of hydrogen-bond acceptors (Lipinski definition) is 5. The van der Waals surface area contributed by atoms with Crippen LogP contribution in [0.3, 0.4) is 0 Å². The fraction of sp³-hybridized carbons (Fsp3) is 0.276. The van der Waals surface area contributed by atoms with Crippen molar-refractivity contribution >= 4 is 41.0 Å². The quantitative estimate of drug-likeness (QED) is 0.409. The van der Waals surface area contributed by atoms with Gasteiger partial charge in [0.25, 0.3) is 11.8 Å². The second-order valence-electron chi connectivity index (χ2n) is 10.3. The standard InChI is InChI=1S/C29H24ClF3N6O3/c1-28(16-36-27(42)39(28)23-11-17(15-34)9-10-35-23)26(41)38(20-6-4-5-18(31)12-20)24(21-7-2-3-8-22(21)30)25(40)37-19-13-29(32,33)14-19/h2-12,19,24H,13-14,16H2,1H3,(H,36,42)(H,37,40)/t24?,28-/m0/s1.